The van der Waals surface area contributed by atoms with Crippen LogP contribution in [0.2, 0.25) is 0 Å². The molecule has 0 spiro atoms. The summed E-state index contributed by atoms with van der Waals surface area (Å²) in [5, 5.41) is 4.61. The molecule has 0 aliphatic carbocycles. The van der Waals surface area contributed by atoms with Gasteiger partial charge in [0.05, 0.1) is 24.5 Å². The molecule has 2 N–H and O–H groups in total. The number of nitrogens with one attached hydrogen (secondary N) is 2. The van der Waals surface area contributed by atoms with Gasteiger partial charge >= 0.3 is 12.2 Å². The van der Waals surface area contributed by atoms with Crippen molar-refractivity contribution >= 4 is 29.3 Å². The van der Waals surface area contributed by atoms with Crippen molar-refractivity contribution in [3.8, 4) is 5.75 Å². The standard InChI is InChI=1S/C25H30F3N7O5/c1-14(25(26,27)28)31-22(36)20-30-10-18-21(33-20)35(15-5-4-8-34(18)11-15)23(37)32-19-9-16(6-7-29-19)38-12-17-13-39-24(2,3)40-17/h6-7,9-10,14-15,17H,4-5,8,11-13H2,1-3H3,(H,31,36)(H,29,32,37)/t14-,15+,17+/m1/s1. The maximum Gasteiger partial charge on any atom is 0.408 e. The number of rotatable bonds is 6. The minimum absolute atomic E-state index is 0.140. The summed E-state index contributed by atoms with van der Waals surface area (Å²) in [6.07, 6.45) is -0.537. The van der Waals surface area contributed by atoms with Crippen LogP contribution in [0.3, 0.4) is 0 Å². The molecule has 0 saturated carbocycles. The fourth-order valence-electron chi connectivity index (χ4n) is 4.81. The van der Waals surface area contributed by atoms with Gasteiger partial charge in [-0.1, -0.05) is 0 Å². The second-order valence-electron chi connectivity index (χ2n) is 10.3. The normalized spacial score (nSPS) is 22.4. The summed E-state index contributed by atoms with van der Waals surface area (Å²) in [6, 6.07) is 0.283. The number of piperidine rings is 1. The van der Waals surface area contributed by atoms with Crippen LogP contribution in [-0.2, 0) is 9.47 Å². The second-order valence-corrected chi connectivity index (χ2v) is 10.3. The van der Waals surface area contributed by atoms with Crippen LogP contribution < -0.4 is 25.2 Å². The number of carbonyl (C=O) groups excluding carboxylic acids is 2. The average molecular weight is 566 g/mol. The zero-order chi connectivity index (χ0) is 28.7. The van der Waals surface area contributed by atoms with Crippen LogP contribution in [0.1, 0.15) is 44.2 Å². The summed E-state index contributed by atoms with van der Waals surface area (Å²) in [4.78, 5) is 41.9. The minimum atomic E-state index is -4.63. The van der Waals surface area contributed by atoms with Gasteiger partial charge in [-0.05, 0) is 39.7 Å². The van der Waals surface area contributed by atoms with Crippen LogP contribution >= 0.6 is 0 Å². The molecule has 2 aromatic rings. The highest BCUT2D eigenvalue weighted by Gasteiger charge is 2.41. The van der Waals surface area contributed by atoms with E-state index in [4.69, 9.17) is 14.2 Å². The Morgan fingerprint density at radius 3 is 2.83 bits per heavy atom. The van der Waals surface area contributed by atoms with Gasteiger partial charge in [-0.3, -0.25) is 15.0 Å². The van der Waals surface area contributed by atoms with Crippen LogP contribution in [-0.4, -0.2) is 83.3 Å². The van der Waals surface area contributed by atoms with E-state index in [9.17, 15) is 22.8 Å². The van der Waals surface area contributed by atoms with Gasteiger partial charge in [0.15, 0.2) is 11.6 Å². The van der Waals surface area contributed by atoms with Gasteiger partial charge in [0.1, 0.15) is 30.3 Å². The third-order valence-corrected chi connectivity index (χ3v) is 6.81. The van der Waals surface area contributed by atoms with Crippen LogP contribution in [0.15, 0.2) is 24.5 Å². The Bertz CT molecular complexity index is 1280. The molecule has 3 aliphatic rings. The summed E-state index contributed by atoms with van der Waals surface area (Å²) in [5.41, 5.74) is 0.512. The lowest BCUT2D eigenvalue weighted by molar-refractivity contribution is -0.149. The second kappa shape index (κ2) is 10.7. The van der Waals surface area contributed by atoms with Gasteiger partial charge in [-0.15, -0.1) is 0 Å². The molecular formula is C25H30F3N7O5. The quantitative estimate of drug-likeness (QED) is 0.543. The third-order valence-electron chi connectivity index (χ3n) is 6.81. The molecule has 2 saturated heterocycles. The molecule has 12 nitrogen and oxygen atoms in total. The van der Waals surface area contributed by atoms with Crippen molar-refractivity contribution < 1.29 is 37.0 Å². The van der Waals surface area contributed by atoms with E-state index < -0.39 is 35.8 Å². The summed E-state index contributed by atoms with van der Waals surface area (Å²) >= 11 is 0. The summed E-state index contributed by atoms with van der Waals surface area (Å²) in [5.74, 6) is -1.42. The molecule has 2 bridgehead atoms. The van der Waals surface area contributed by atoms with Gasteiger partial charge in [-0.25, -0.2) is 19.7 Å². The summed E-state index contributed by atoms with van der Waals surface area (Å²) in [6.45, 7) is 6.33. The largest absolute Gasteiger partial charge is 0.491 e. The first-order valence-electron chi connectivity index (χ1n) is 12.9. The molecule has 3 aliphatic heterocycles. The number of carbonyl (C=O) groups is 2. The molecule has 216 valence electrons. The van der Waals surface area contributed by atoms with E-state index in [1.807, 2.05) is 24.1 Å². The molecular weight excluding hydrogens is 535 g/mol. The number of anilines is 3. The van der Waals surface area contributed by atoms with E-state index in [1.54, 1.807) is 12.1 Å². The smallest absolute Gasteiger partial charge is 0.408 e. The maximum atomic E-state index is 13.5. The average Bonchev–Trinajstić information content (AvgIpc) is 3.25. The molecule has 3 atom stereocenters. The Labute approximate surface area is 228 Å². The molecule has 5 heterocycles. The highest BCUT2D eigenvalue weighted by atomic mass is 19.4. The predicted octanol–water partition coefficient (Wildman–Crippen LogP) is 3.10. The highest BCUT2D eigenvalue weighted by molar-refractivity contribution is 6.04. The number of urea groups is 1. The zero-order valence-corrected chi connectivity index (χ0v) is 22.2. The molecule has 2 aromatic heterocycles. The van der Waals surface area contributed by atoms with E-state index in [1.165, 1.54) is 17.3 Å². The highest BCUT2D eigenvalue weighted by Crippen LogP contribution is 2.38. The molecule has 2 fully saturated rings. The van der Waals surface area contributed by atoms with Gasteiger partial charge < -0.3 is 24.4 Å². The molecule has 15 heteroatoms. The van der Waals surface area contributed by atoms with E-state index in [0.717, 1.165) is 13.3 Å². The van der Waals surface area contributed by atoms with Gasteiger partial charge in [0.2, 0.25) is 5.82 Å². The number of ether oxygens (including phenoxy) is 3. The van der Waals surface area contributed by atoms with Gasteiger partial charge in [0, 0.05) is 25.4 Å². The van der Waals surface area contributed by atoms with Crippen LogP contribution in [0.4, 0.5) is 35.3 Å². The number of nitrogens with zero attached hydrogens (tertiary/aromatic N) is 5. The third kappa shape index (κ3) is 6.04. The molecule has 0 radical (unpaired) electrons. The fraction of sp³-hybridized carbons (Fsp3) is 0.560. The molecule has 0 aromatic carbocycles. The Morgan fingerprint density at radius 2 is 2.10 bits per heavy atom. The van der Waals surface area contributed by atoms with Crippen LogP contribution in [0.5, 0.6) is 5.75 Å². The number of amides is 3. The number of aromatic nitrogens is 3. The number of hydrogen-bond donors (Lipinski definition) is 2. The van der Waals surface area contributed by atoms with Gasteiger partial charge in [-0.2, -0.15) is 13.2 Å². The zero-order valence-electron chi connectivity index (χ0n) is 22.2. The first-order chi connectivity index (χ1) is 18.9. The lowest BCUT2D eigenvalue weighted by Crippen LogP contribution is -2.56. The SMILES string of the molecule is C[C@@H](NC(=O)c1ncc2c(n1)N(C(=O)Nc1cc(OC[C@H]3COC(C)(C)O3)ccn1)[C@H]1CCCN2C1)C(F)(F)F. The number of fused-ring (bicyclic) bond motifs is 4. The predicted molar refractivity (Wildman–Crippen MR) is 136 cm³/mol. The van der Waals surface area contributed by atoms with E-state index in [-0.39, 0.29) is 30.4 Å². The maximum absolute atomic E-state index is 13.5. The Balaban J connectivity index is 1.33. The van der Waals surface area contributed by atoms with E-state index in [0.29, 0.717) is 37.6 Å². The van der Waals surface area contributed by atoms with Crippen molar-refractivity contribution in [2.24, 2.45) is 0 Å². The number of hydrogen-bond acceptors (Lipinski definition) is 9. The number of alkyl halides is 3. The number of halogens is 3. The van der Waals surface area contributed by atoms with Gasteiger partial charge in [0.25, 0.3) is 5.91 Å². The number of pyridine rings is 1. The van der Waals surface area contributed by atoms with E-state index >= 15 is 0 Å². The first kappa shape index (κ1) is 27.8. The van der Waals surface area contributed by atoms with Crippen molar-refractivity contribution in [1.82, 2.24) is 20.3 Å². The van der Waals surface area contributed by atoms with Crippen molar-refractivity contribution in [2.75, 3.05) is 41.4 Å². The Morgan fingerprint density at radius 1 is 1.30 bits per heavy atom. The van der Waals surface area contributed by atoms with Crippen molar-refractivity contribution in [3.63, 3.8) is 0 Å². The molecule has 40 heavy (non-hydrogen) atoms. The van der Waals surface area contributed by atoms with Crippen molar-refractivity contribution in [3.05, 3.63) is 30.4 Å². The lowest BCUT2D eigenvalue weighted by atomic mass is 10.0. The van der Waals surface area contributed by atoms with Crippen molar-refractivity contribution in [1.29, 1.82) is 0 Å². The monoisotopic (exact) mass is 565 g/mol. The van der Waals surface area contributed by atoms with Crippen molar-refractivity contribution in [2.45, 2.75) is 63.8 Å². The first-order valence-corrected chi connectivity index (χ1v) is 12.9. The van der Waals surface area contributed by atoms with Crippen LogP contribution in [0.25, 0.3) is 0 Å². The minimum Gasteiger partial charge on any atom is -0.491 e. The fourth-order valence-corrected chi connectivity index (χ4v) is 4.81. The summed E-state index contributed by atoms with van der Waals surface area (Å²) in [7, 11) is 0. The summed E-state index contributed by atoms with van der Waals surface area (Å²) < 4.78 is 56.0. The molecule has 0 unspecified atom stereocenters. The molecule has 5 rings (SSSR count). The van der Waals surface area contributed by atoms with Crippen LogP contribution in [0, 0.1) is 0 Å². The Kier molecular flexibility index (Phi) is 7.44. The van der Waals surface area contributed by atoms with E-state index in [2.05, 4.69) is 20.3 Å². The lowest BCUT2D eigenvalue weighted by Gasteiger charge is -2.45. The molecule has 3 amide bonds. The Hall–Kier alpha value is -3.72. The topological polar surface area (TPSA) is 131 Å².